The van der Waals surface area contributed by atoms with Crippen molar-refractivity contribution in [3.63, 3.8) is 0 Å². The van der Waals surface area contributed by atoms with Crippen molar-refractivity contribution in [2.75, 3.05) is 38.3 Å². The molecule has 28 heavy (non-hydrogen) atoms. The number of hydrogen-bond donors (Lipinski definition) is 1. The molecule has 1 aliphatic heterocycles. The Balaban J connectivity index is 1.61. The number of aryl methyl sites for hydroxylation is 1. The molecule has 0 aliphatic carbocycles. The molecule has 7 heteroatoms. The fourth-order valence-corrected chi connectivity index (χ4v) is 4.00. The van der Waals surface area contributed by atoms with E-state index < -0.39 is 0 Å². The van der Waals surface area contributed by atoms with Crippen LogP contribution in [0.25, 0.3) is 0 Å². The summed E-state index contributed by atoms with van der Waals surface area (Å²) < 4.78 is 4.95. The van der Waals surface area contributed by atoms with E-state index in [9.17, 15) is 4.79 Å². The molecule has 0 unspecified atom stereocenters. The van der Waals surface area contributed by atoms with E-state index in [1.807, 2.05) is 24.3 Å². The fraction of sp³-hybridized carbons (Fsp3) is 0.476. The van der Waals surface area contributed by atoms with Crippen LogP contribution in [0.4, 0.5) is 5.82 Å². The summed E-state index contributed by atoms with van der Waals surface area (Å²) in [6.45, 7) is 7.34. The molecular weight excluding hydrogens is 372 g/mol. The molecule has 1 aliphatic rings. The average Bonchev–Trinajstić information content (AvgIpc) is 3.24. The molecule has 1 aromatic carbocycles. The van der Waals surface area contributed by atoms with Gasteiger partial charge in [-0.05, 0) is 44.4 Å². The van der Waals surface area contributed by atoms with Crippen molar-refractivity contribution in [3.05, 3.63) is 46.6 Å². The first-order valence-electron chi connectivity index (χ1n) is 9.67. The molecule has 1 aromatic heterocycles. The molecule has 1 fully saturated rings. The summed E-state index contributed by atoms with van der Waals surface area (Å²) in [5.41, 5.74) is 4.02. The lowest BCUT2D eigenvalue weighted by molar-refractivity contribution is 0.0937. The van der Waals surface area contributed by atoms with E-state index in [-0.39, 0.29) is 5.91 Å². The number of hydrogen-bond acceptors (Lipinski definition) is 6. The Hall–Kier alpha value is -2.12. The maximum atomic E-state index is 12.0. The highest BCUT2D eigenvalue weighted by atomic mass is 32.2. The zero-order valence-corrected chi connectivity index (χ0v) is 17.6. The van der Waals surface area contributed by atoms with Gasteiger partial charge in [0.15, 0.2) is 5.16 Å². The van der Waals surface area contributed by atoms with Crippen LogP contribution >= 0.6 is 11.8 Å². The molecule has 0 spiro atoms. The van der Waals surface area contributed by atoms with Crippen molar-refractivity contribution in [3.8, 4) is 0 Å². The van der Waals surface area contributed by atoms with Gasteiger partial charge in [-0.25, -0.2) is 9.97 Å². The van der Waals surface area contributed by atoms with Crippen LogP contribution in [0.1, 0.15) is 40.0 Å². The fourth-order valence-electron chi connectivity index (χ4n) is 3.16. The topological polar surface area (TPSA) is 67.3 Å². The maximum absolute atomic E-state index is 12.0. The minimum absolute atomic E-state index is 0.0796. The van der Waals surface area contributed by atoms with Crippen LogP contribution in [0, 0.1) is 13.8 Å². The number of carbonyl (C=O) groups is 1. The SMILES string of the molecule is COCCNC(=O)c1ccc(CSc2nc(C)c(C)c(N3CCCC3)n2)cc1. The lowest BCUT2D eigenvalue weighted by Crippen LogP contribution is -2.26. The van der Waals surface area contributed by atoms with Gasteiger partial charge in [0.05, 0.1) is 6.61 Å². The molecule has 150 valence electrons. The van der Waals surface area contributed by atoms with Gasteiger partial charge in [0, 0.05) is 49.3 Å². The maximum Gasteiger partial charge on any atom is 0.251 e. The highest BCUT2D eigenvalue weighted by Crippen LogP contribution is 2.28. The highest BCUT2D eigenvalue weighted by molar-refractivity contribution is 7.98. The van der Waals surface area contributed by atoms with Gasteiger partial charge < -0.3 is 15.0 Å². The zero-order valence-electron chi connectivity index (χ0n) is 16.8. The van der Waals surface area contributed by atoms with Crippen molar-refractivity contribution in [2.24, 2.45) is 0 Å². The molecule has 6 nitrogen and oxygen atoms in total. The number of aromatic nitrogens is 2. The van der Waals surface area contributed by atoms with Gasteiger partial charge in [-0.1, -0.05) is 23.9 Å². The number of nitrogens with one attached hydrogen (secondary N) is 1. The first-order valence-corrected chi connectivity index (χ1v) is 10.7. The van der Waals surface area contributed by atoms with Crippen LogP contribution in [0.5, 0.6) is 0 Å². The molecule has 0 atom stereocenters. The molecule has 1 N–H and O–H groups in total. The first-order chi connectivity index (χ1) is 13.6. The van der Waals surface area contributed by atoms with E-state index in [1.165, 1.54) is 18.4 Å². The highest BCUT2D eigenvalue weighted by Gasteiger charge is 2.18. The van der Waals surface area contributed by atoms with Crippen LogP contribution in [0.15, 0.2) is 29.4 Å². The van der Waals surface area contributed by atoms with Crippen LogP contribution in [0.3, 0.4) is 0 Å². The number of methoxy groups -OCH3 is 1. The van der Waals surface area contributed by atoms with E-state index in [2.05, 4.69) is 29.0 Å². The lowest BCUT2D eigenvalue weighted by Gasteiger charge is -2.20. The summed E-state index contributed by atoms with van der Waals surface area (Å²) in [6.07, 6.45) is 2.47. The molecule has 0 bridgehead atoms. The van der Waals surface area contributed by atoms with Crippen molar-refractivity contribution >= 4 is 23.5 Å². The van der Waals surface area contributed by atoms with Crippen molar-refractivity contribution in [1.29, 1.82) is 0 Å². The first kappa shape index (κ1) is 20.6. The van der Waals surface area contributed by atoms with Gasteiger partial charge >= 0.3 is 0 Å². The predicted molar refractivity (Wildman–Crippen MR) is 113 cm³/mol. The summed E-state index contributed by atoms with van der Waals surface area (Å²) in [5, 5.41) is 3.64. The second-order valence-electron chi connectivity index (χ2n) is 6.97. The monoisotopic (exact) mass is 400 g/mol. The number of carbonyl (C=O) groups excluding carboxylic acids is 1. The van der Waals surface area contributed by atoms with Crippen molar-refractivity contribution in [1.82, 2.24) is 15.3 Å². The van der Waals surface area contributed by atoms with Crippen molar-refractivity contribution in [2.45, 2.75) is 37.6 Å². The molecule has 2 aromatic rings. The third kappa shape index (κ3) is 5.23. The standard InChI is InChI=1S/C21H28N4O2S/c1-15-16(2)23-21(24-19(15)25-11-4-5-12-25)28-14-17-6-8-18(9-7-17)20(26)22-10-13-27-3/h6-9H,4-5,10-14H2,1-3H3,(H,22,26). The van der Waals surface area contributed by atoms with E-state index >= 15 is 0 Å². The number of amides is 1. The largest absolute Gasteiger partial charge is 0.383 e. The molecular formula is C21H28N4O2S. The Morgan fingerprint density at radius 1 is 1.18 bits per heavy atom. The van der Waals surface area contributed by atoms with Gasteiger partial charge in [0.1, 0.15) is 5.82 Å². The molecule has 3 rings (SSSR count). The summed E-state index contributed by atoms with van der Waals surface area (Å²) in [5.74, 6) is 1.77. The van der Waals surface area contributed by atoms with Crippen LogP contribution < -0.4 is 10.2 Å². The number of benzene rings is 1. The summed E-state index contributed by atoms with van der Waals surface area (Å²) in [4.78, 5) is 23.9. The quantitative estimate of drug-likeness (QED) is 0.416. The average molecular weight is 401 g/mol. The van der Waals surface area contributed by atoms with E-state index in [0.717, 1.165) is 41.1 Å². The van der Waals surface area contributed by atoms with Crippen LogP contribution in [-0.4, -0.2) is 49.2 Å². The number of anilines is 1. The number of nitrogens with zero attached hydrogens (tertiary/aromatic N) is 3. The minimum atomic E-state index is -0.0796. The van der Waals surface area contributed by atoms with E-state index in [4.69, 9.17) is 9.72 Å². The number of thioether (sulfide) groups is 1. The molecule has 0 saturated carbocycles. The Labute approximate surface area is 171 Å². The van der Waals surface area contributed by atoms with Crippen molar-refractivity contribution < 1.29 is 9.53 Å². The molecule has 0 radical (unpaired) electrons. The van der Waals surface area contributed by atoms with Gasteiger partial charge in [0.2, 0.25) is 0 Å². The Bertz CT molecular complexity index is 805. The van der Waals surface area contributed by atoms with E-state index in [1.54, 1.807) is 18.9 Å². The lowest BCUT2D eigenvalue weighted by atomic mass is 10.1. The van der Waals surface area contributed by atoms with Gasteiger partial charge in [-0.2, -0.15) is 0 Å². The predicted octanol–water partition coefficient (Wildman–Crippen LogP) is 3.36. The minimum Gasteiger partial charge on any atom is -0.383 e. The summed E-state index contributed by atoms with van der Waals surface area (Å²) in [7, 11) is 1.62. The van der Waals surface area contributed by atoms with Crippen LogP contribution in [-0.2, 0) is 10.5 Å². The number of ether oxygens (including phenoxy) is 1. The molecule has 1 amide bonds. The normalized spacial score (nSPS) is 13.8. The second kappa shape index (κ2) is 9.89. The Morgan fingerprint density at radius 2 is 1.89 bits per heavy atom. The van der Waals surface area contributed by atoms with Gasteiger partial charge in [-0.3, -0.25) is 4.79 Å². The number of rotatable bonds is 8. The smallest absolute Gasteiger partial charge is 0.251 e. The Morgan fingerprint density at radius 3 is 2.57 bits per heavy atom. The Kier molecular flexibility index (Phi) is 7.28. The van der Waals surface area contributed by atoms with Gasteiger partial charge in [-0.15, -0.1) is 0 Å². The summed E-state index contributed by atoms with van der Waals surface area (Å²) in [6, 6.07) is 7.69. The molecule has 2 heterocycles. The molecule has 1 saturated heterocycles. The second-order valence-corrected chi connectivity index (χ2v) is 7.91. The third-order valence-corrected chi connectivity index (χ3v) is 5.84. The van der Waals surface area contributed by atoms with Crippen LogP contribution in [0.2, 0.25) is 0 Å². The summed E-state index contributed by atoms with van der Waals surface area (Å²) >= 11 is 1.63. The van der Waals surface area contributed by atoms with E-state index in [0.29, 0.717) is 18.7 Å². The zero-order chi connectivity index (χ0) is 19.9. The van der Waals surface area contributed by atoms with Gasteiger partial charge in [0.25, 0.3) is 5.91 Å². The third-order valence-electron chi connectivity index (χ3n) is 4.92.